The van der Waals surface area contributed by atoms with Crippen molar-refractivity contribution in [1.82, 2.24) is 4.98 Å². The van der Waals surface area contributed by atoms with E-state index in [0.717, 1.165) is 10.0 Å². The van der Waals surface area contributed by atoms with Gasteiger partial charge in [0.05, 0.1) is 11.0 Å². The SMILES string of the molecule is CC(Nc1nc(N)ccc1[N+](=O)[O-])c1cccc(Br)c1. The van der Waals surface area contributed by atoms with Crippen LogP contribution in [0, 0.1) is 10.1 Å². The number of nitrogens with zero attached hydrogens (tertiary/aromatic N) is 2. The highest BCUT2D eigenvalue weighted by Crippen LogP contribution is 2.27. The summed E-state index contributed by atoms with van der Waals surface area (Å²) in [6.45, 7) is 1.90. The Kier molecular flexibility index (Phi) is 4.19. The van der Waals surface area contributed by atoms with Gasteiger partial charge in [0.25, 0.3) is 0 Å². The number of nitro groups is 1. The van der Waals surface area contributed by atoms with E-state index in [-0.39, 0.29) is 23.4 Å². The lowest BCUT2D eigenvalue weighted by Crippen LogP contribution is -2.10. The van der Waals surface area contributed by atoms with Crippen molar-refractivity contribution in [3.63, 3.8) is 0 Å². The van der Waals surface area contributed by atoms with Crippen molar-refractivity contribution in [2.24, 2.45) is 0 Å². The second-order valence-corrected chi connectivity index (χ2v) is 5.20. The van der Waals surface area contributed by atoms with Crippen LogP contribution in [0.4, 0.5) is 17.3 Å². The number of anilines is 2. The third kappa shape index (κ3) is 3.24. The third-order valence-electron chi connectivity index (χ3n) is 2.79. The number of pyridine rings is 1. The summed E-state index contributed by atoms with van der Waals surface area (Å²) in [6, 6.07) is 10.3. The van der Waals surface area contributed by atoms with Gasteiger partial charge in [-0.1, -0.05) is 28.1 Å². The molecule has 1 heterocycles. The second kappa shape index (κ2) is 5.87. The number of nitrogens with one attached hydrogen (secondary N) is 1. The van der Waals surface area contributed by atoms with Crippen LogP contribution in [0.5, 0.6) is 0 Å². The maximum Gasteiger partial charge on any atom is 0.311 e. The molecule has 3 N–H and O–H groups in total. The van der Waals surface area contributed by atoms with E-state index in [1.54, 1.807) is 0 Å². The van der Waals surface area contributed by atoms with Crippen molar-refractivity contribution in [3.8, 4) is 0 Å². The van der Waals surface area contributed by atoms with Gasteiger partial charge in [-0.05, 0) is 30.7 Å². The van der Waals surface area contributed by atoms with E-state index in [4.69, 9.17) is 5.73 Å². The predicted octanol–water partition coefficient (Wildman–Crippen LogP) is 3.51. The second-order valence-electron chi connectivity index (χ2n) is 4.28. The average molecular weight is 337 g/mol. The van der Waals surface area contributed by atoms with Crippen molar-refractivity contribution in [2.45, 2.75) is 13.0 Å². The fraction of sp³-hybridized carbons (Fsp3) is 0.154. The molecule has 2 rings (SSSR count). The fourth-order valence-corrected chi connectivity index (χ4v) is 2.20. The number of rotatable bonds is 4. The first-order valence-corrected chi connectivity index (χ1v) is 6.69. The number of halogens is 1. The first-order valence-electron chi connectivity index (χ1n) is 5.90. The molecule has 0 saturated heterocycles. The van der Waals surface area contributed by atoms with Gasteiger partial charge >= 0.3 is 5.69 Å². The topological polar surface area (TPSA) is 94.1 Å². The zero-order chi connectivity index (χ0) is 14.7. The Morgan fingerprint density at radius 1 is 1.40 bits per heavy atom. The Morgan fingerprint density at radius 3 is 2.80 bits per heavy atom. The minimum atomic E-state index is -0.484. The highest BCUT2D eigenvalue weighted by Gasteiger charge is 2.18. The Bertz CT molecular complexity index is 648. The van der Waals surface area contributed by atoms with E-state index >= 15 is 0 Å². The van der Waals surface area contributed by atoms with Crippen LogP contribution in [0.2, 0.25) is 0 Å². The lowest BCUT2D eigenvalue weighted by molar-refractivity contribution is -0.384. The first kappa shape index (κ1) is 14.3. The molecule has 1 atom stereocenters. The van der Waals surface area contributed by atoms with Crippen LogP contribution in [0.3, 0.4) is 0 Å². The lowest BCUT2D eigenvalue weighted by atomic mass is 10.1. The molecule has 0 saturated carbocycles. The Balaban J connectivity index is 2.29. The van der Waals surface area contributed by atoms with Gasteiger partial charge in [-0.3, -0.25) is 10.1 Å². The van der Waals surface area contributed by atoms with Gasteiger partial charge in [0.2, 0.25) is 5.82 Å². The van der Waals surface area contributed by atoms with Gasteiger partial charge in [0, 0.05) is 10.5 Å². The van der Waals surface area contributed by atoms with E-state index in [1.165, 1.54) is 12.1 Å². The molecule has 0 aliphatic rings. The molecule has 6 nitrogen and oxygen atoms in total. The van der Waals surface area contributed by atoms with Gasteiger partial charge in [0.15, 0.2) is 0 Å². The van der Waals surface area contributed by atoms with Crippen LogP contribution in [-0.4, -0.2) is 9.91 Å². The third-order valence-corrected chi connectivity index (χ3v) is 3.29. The van der Waals surface area contributed by atoms with Crippen LogP contribution in [0.25, 0.3) is 0 Å². The summed E-state index contributed by atoms with van der Waals surface area (Å²) in [6.07, 6.45) is 0. The van der Waals surface area contributed by atoms with Gasteiger partial charge in [-0.2, -0.15) is 0 Å². The molecule has 0 spiro atoms. The molecular formula is C13H13BrN4O2. The molecule has 0 fully saturated rings. The van der Waals surface area contributed by atoms with Gasteiger partial charge in [0.1, 0.15) is 5.82 Å². The molecule has 7 heteroatoms. The minimum Gasteiger partial charge on any atom is -0.384 e. The van der Waals surface area contributed by atoms with Crippen LogP contribution in [0.15, 0.2) is 40.9 Å². The summed E-state index contributed by atoms with van der Waals surface area (Å²) in [4.78, 5) is 14.5. The normalized spacial score (nSPS) is 11.9. The van der Waals surface area contributed by atoms with Gasteiger partial charge in [-0.15, -0.1) is 0 Å². The molecule has 104 valence electrons. The Morgan fingerprint density at radius 2 is 2.15 bits per heavy atom. The fourth-order valence-electron chi connectivity index (χ4n) is 1.78. The van der Waals surface area contributed by atoms with Crippen LogP contribution < -0.4 is 11.1 Å². The van der Waals surface area contributed by atoms with E-state index in [9.17, 15) is 10.1 Å². The molecule has 0 aliphatic heterocycles. The number of nitrogen functional groups attached to an aromatic ring is 1. The monoisotopic (exact) mass is 336 g/mol. The van der Waals surface area contributed by atoms with Crippen LogP contribution in [0.1, 0.15) is 18.5 Å². The number of benzene rings is 1. The van der Waals surface area contributed by atoms with Gasteiger partial charge in [-0.25, -0.2) is 4.98 Å². The summed E-state index contributed by atoms with van der Waals surface area (Å²) < 4.78 is 0.943. The predicted molar refractivity (Wildman–Crippen MR) is 81.5 cm³/mol. The molecule has 1 aromatic carbocycles. The largest absolute Gasteiger partial charge is 0.384 e. The number of hydrogen-bond acceptors (Lipinski definition) is 5. The van der Waals surface area contributed by atoms with Crippen molar-refractivity contribution >= 4 is 33.3 Å². The van der Waals surface area contributed by atoms with Gasteiger partial charge < -0.3 is 11.1 Å². The highest BCUT2D eigenvalue weighted by molar-refractivity contribution is 9.10. The van der Waals surface area contributed by atoms with Crippen LogP contribution in [-0.2, 0) is 0 Å². The Labute approximate surface area is 124 Å². The molecule has 0 aliphatic carbocycles. The van der Waals surface area contributed by atoms with Crippen molar-refractivity contribution in [3.05, 3.63) is 56.5 Å². The molecule has 1 unspecified atom stereocenters. The number of aromatic nitrogens is 1. The Hall–Kier alpha value is -2.15. The standard InChI is InChI=1S/C13H13BrN4O2/c1-8(9-3-2-4-10(14)7-9)16-13-11(18(19)20)5-6-12(15)17-13/h2-8H,1H3,(H3,15,16,17). The first-order chi connectivity index (χ1) is 9.47. The molecule has 2 aromatic rings. The number of hydrogen-bond donors (Lipinski definition) is 2. The van der Waals surface area contributed by atoms with E-state index < -0.39 is 4.92 Å². The molecule has 1 aromatic heterocycles. The maximum atomic E-state index is 11.0. The summed E-state index contributed by atoms with van der Waals surface area (Å²) in [5.41, 5.74) is 6.47. The lowest BCUT2D eigenvalue weighted by Gasteiger charge is -2.15. The van der Waals surface area contributed by atoms with Crippen molar-refractivity contribution in [2.75, 3.05) is 11.1 Å². The zero-order valence-electron chi connectivity index (χ0n) is 10.7. The molecule has 0 radical (unpaired) electrons. The van der Waals surface area contributed by atoms with Crippen molar-refractivity contribution in [1.29, 1.82) is 0 Å². The number of nitrogens with two attached hydrogens (primary N) is 1. The highest BCUT2D eigenvalue weighted by atomic mass is 79.9. The maximum absolute atomic E-state index is 11.0. The minimum absolute atomic E-state index is 0.0963. The van der Waals surface area contributed by atoms with E-state index in [1.807, 2.05) is 31.2 Å². The smallest absolute Gasteiger partial charge is 0.311 e. The summed E-state index contributed by atoms with van der Waals surface area (Å²) in [5.74, 6) is 0.405. The quantitative estimate of drug-likeness (QED) is 0.658. The summed E-state index contributed by atoms with van der Waals surface area (Å²) >= 11 is 3.39. The van der Waals surface area contributed by atoms with Crippen LogP contribution >= 0.6 is 15.9 Å². The average Bonchev–Trinajstić information content (AvgIpc) is 2.38. The summed E-state index contributed by atoms with van der Waals surface area (Å²) in [5, 5.41) is 14.0. The zero-order valence-corrected chi connectivity index (χ0v) is 12.3. The van der Waals surface area contributed by atoms with Crippen molar-refractivity contribution < 1.29 is 4.92 Å². The molecule has 0 amide bonds. The molecule has 20 heavy (non-hydrogen) atoms. The summed E-state index contributed by atoms with van der Waals surface area (Å²) in [7, 11) is 0. The van der Waals surface area contributed by atoms with E-state index in [0.29, 0.717) is 0 Å². The van der Waals surface area contributed by atoms with E-state index in [2.05, 4.69) is 26.2 Å². The molecule has 0 bridgehead atoms. The molecular weight excluding hydrogens is 324 g/mol.